The van der Waals surface area contributed by atoms with Gasteiger partial charge in [0, 0.05) is 17.8 Å². The summed E-state index contributed by atoms with van der Waals surface area (Å²) < 4.78 is 1.45. The van der Waals surface area contributed by atoms with E-state index in [0.29, 0.717) is 12.0 Å². The summed E-state index contributed by atoms with van der Waals surface area (Å²) in [5.41, 5.74) is 3.58. The minimum absolute atomic E-state index is 0.136. The SMILES string of the molecule is O=Cc1c(-c2ccc(-c3ccccc3)cc2)nc2c([N+](=O)[O-])cccn12. The van der Waals surface area contributed by atoms with Crippen LogP contribution in [0.2, 0.25) is 0 Å². The Balaban J connectivity index is 1.85. The average Bonchev–Trinajstić information content (AvgIpc) is 3.07. The van der Waals surface area contributed by atoms with Crippen molar-refractivity contribution < 1.29 is 9.72 Å². The maximum Gasteiger partial charge on any atom is 0.312 e. The van der Waals surface area contributed by atoms with Crippen LogP contribution in [0.4, 0.5) is 5.69 Å². The molecule has 0 N–H and O–H groups in total. The monoisotopic (exact) mass is 343 g/mol. The number of hydrogen-bond donors (Lipinski definition) is 0. The third-order valence-corrected chi connectivity index (χ3v) is 4.24. The van der Waals surface area contributed by atoms with Gasteiger partial charge in [0.15, 0.2) is 6.29 Å². The molecule has 0 bridgehead atoms. The van der Waals surface area contributed by atoms with Gasteiger partial charge in [-0.3, -0.25) is 19.3 Å². The third kappa shape index (κ3) is 2.53. The lowest BCUT2D eigenvalue weighted by molar-refractivity contribution is -0.383. The average molecular weight is 343 g/mol. The van der Waals surface area contributed by atoms with Gasteiger partial charge in [0.2, 0.25) is 5.65 Å². The van der Waals surface area contributed by atoms with Crippen molar-refractivity contribution in [1.82, 2.24) is 9.38 Å². The van der Waals surface area contributed by atoms with Crippen molar-refractivity contribution in [2.45, 2.75) is 0 Å². The molecule has 0 aliphatic carbocycles. The van der Waals surface area contributed by atoms with Gasteiger partial charge in [0.25, 0.3) is 0 Å². The first-order valence-electron chi connectivity index (χ1n) is 7.95. The molecule has 0 radical (unpaired) electrons. The van der Waals surface area contributed by atoms with Crippen LogP contribution in [0.5, 0.6) is 0 Å². The highest BCUT2D eigenvalue weighted by molar-refractivity contribution is 5.88. The summed E-state index contributed by atoms with van der Waals surface area (Å²) in [6, 6.07) is 20.4. The Morgan fingerprint density at radius 2 is 1.54 bits per heavy atom. The van der Waals surface area contributed by atoms with Gasteiger partial charge in [-0.25, -0.2) is 4.98 Å². The highest BCUT2D eigenvalue weighted by atomic mass is 16.6. The summed E-state index contributed by atoms with van der Waals surface area (Å²) in [7, 11) is 0. The predicted molar refractivity (Wildman–Crippen MR) is 98.1 cm³/mol. The Morgan fingerprint density at radius 3 is 2.19 bits per heavy atom. The summed E-state index contributed by atoms with van der Waals surface area (Å²) in [4.78, 5) is 26.7. The third-order valence-electron chi connectivity index (χ3n) is 4.24. The number of fused-ring (bicyclic) bond motifs is 1. The molecule has 26 heavy (non-hydrogen) atoms. The largest absolute Gasteiger partial charge is 0.312 e. The fourth-order valence-corrected chi connectivity index (χ4v) is 2.99. The highest BCUT2D eigenvalue weighted by Gasteiger charge is 2.20. The zero-order chi connectivity index (χ0) is 18.1. The quantitative estimate of drug-likeness (QED) is 0.313. The lowest BCUT2D eigenvalue weighted by atomic mass is 10.0. The smallest absolute Gasteiger partial charge is 0.296 e. The first-order valence-corrected chi connectivity index (χ1v) is 7.95. The molecule has 126 valence electrons. The van der Waals surface area contributed by atoms with Crippen LogP contribution >= 0.6 is 0 Å². The van der Waals surface area contributed by atoms with Crippen LogP contribution in [0.25, 0.3) is 28.0 Å². The van der Waals surface area contributed by atoms with E-state index >= 15 is 0 Å². The van der Waals surface area contributed by atoms with Gasteiger partial charge in [-0.15, -0.1) is 0 Å². The van der Waals surface area contributed by atoms with Crippen LogP contribution in [0.15, 0.2) is 72.9 Å². The molecule has 0 unspecified atom stereocenters. The van der Waals surface area contributed by atoms with Crippen LogP contribution in [0, 0.1) is 10.1 Å². The van der Waals surface area contributed by atoms with Gasteiger partial charge in [0.05, 0.1) is 4.92 Å². The van der Waals surface area contributed by atoms with Gasteiger partial charge in [0.1, 0.15) is 11.4 Å². The summed E-state index contributed by atoms with van der Waals surface area (Å²) in [5.74, 6) is 0. The molecule has 0 aliphatic heterocycles. The van der Waals surface area contributed by atoms with Crippen molar-refractivity contribution in [3.05, 3.63) is 88.7 Å². The molecule has 6 heteroatoms. The van der Waals surface area contributed by atoms with E-state index in [2.05, 4.69) is 4.98 Å². The first-order chi connectivity index (χ1) is 12.7. The number of carbonyl (C=O) groups is 1. The zero-order valence-electron chi connectivity index (χ0n) is 13.6. The fraction of sp³-hybridized carbons (Fsp3) is 0. The molecule has 0 atom stereocenters. The molecule has 0 saturated heterocycles. The number of nitrogens with zero attached hydrogens (tertiary/aromatic N) is 3. The van der Waals surface area contributed by atoms with E-state index in [1.807, 2.05) is 54.6 Å². The van der Waals surface area contributed by atoms with Gasteiger partial charge in [-0.1, -0.05) is 54.6 Å². The van der Waals surface area contributed by atoms with E-state index in [9.17, 15) is 14.9 Å². The van der Waals surface area contributed by atoms with Crippen molar-refractivity contribution in [3.63, 3.8) is 0 Å². The number of benzene rings is 2. The van der Waals surface area contributed by atoms with Crippen molar-refractivity contribution in [2.24, 2.45) is 0 Å². The minimum Gasteiger partial charge on any atom is -0.296 e. The molecular formula is C20H13N3O3. The van der Waals surface area contributed by atoms with E-state index < -0.39 is 4.92 Å². The van der Waals surface area contributed by atoms with E-state index in [1.165, 1.54) is 16.5 Å². The predicted octanol–water partition coefficient (Wildman–Crippen LogP) is 4.39. The second-order valence-corrected chi connectivity index (χ2v) is 5.75. The number of aldehydes is 1. The number of aromatic nitrogens is 2. The van der Waals surface area contributed by atoms with Crippen LogP contribution in [0.1, 0.15) is 10.5 Å². The number of imidazole rings is 1. The normalized spacial score (nSPS) is 10.8. The van der Waals surface area contributed by atoms with E-state index in [-0.39, 0.29) is 17.0 Å². The van der Waals surface area contributed by atoms with Gasteiger partial charge >= 0.3 is 5.69 Å². The Labute approximate surface area is 148 Å². The van der Waals surface area contributed by atoms with Crippen molar-refractivity contribution in [3.8, 4) is 22.4 Å². The van der Waals surface area contributed by atoms with E-state index in [1.54, 1.807) is 6.20 Å². The summed E-state index contributed by atoms with van der Waals surface area (Å²) in [6.45, 7) is 0. The molecule has 0 saturated carbocycles. The number of nitro groups is 1. The molecule has 0 fully saturated rings. The van der Waals surface area contributed by atoms with Gasteiger partial charge < -0.3 is 0 Å². The number of carbonyl (C=O) groups excluding carboxylic acids is 1. The highest BCUT2D eigenvalue weighted by Crippen LogP contribution is 2.29. The van der Waals surface area contributed by atoms with Crippen LogP contribution in [-0.4, -0.2) is 20.6 Å². The summed E-state index contributed by atoms with van der Waals surface area (Å²) >= 11 is 0. The maximum absolute atomic E-state index is 11.6. The molecule has 0 spiro atoms. The molecule has 2 aromatic heterocycles. The summed E-state index contributed by atoms with van der Waals surface area (Å²) in [6.07, 6.45) is 2.27. The number of pyridine rings is 1. The molecule has 0 amide bonds. The van der Waals surface area contributed by atoms with Crippen molar-refractivity contribution in [2.75, 3.05) is 0 Å². The Bertz CT molecular complexity index is 1120. The first kappa shape index (κ1) is 15.7. The lowest BCUT2D eigenvalue weighted by Gasteiger charge is -2.03. The van der Waals surface area contributed by atoms with Gasteiger partial charge in [-0.2, -0.15) is 0 Å². The van der Waals surface area contributed by atoms with Gasteiger partial charge in [-0.05, 0) is 17.2 Å². The van der Waals surface area contributed by atoms with Crippen LogP contribution in [0.3, 0.4) is 0 Å². The second kappa shape index (κ2) is 6.25. The van der Waals surface area contributed by atoms with Crippen molar-refractivity contribution in [1.29, 1.82) is 0 Å². The standard InChI is InChI=1S/C20H13N3O3/c24-13-18-19(21-20-17(23(25)26)7-4-12-22(18)20)16-10-8-15(9-11-16)14-5-2-1-3-6-14/h1-13H. The number of hydrogen-bond acceptors (Lipinski definition) is 4. The van der Waals surface area contributed by atoms with Crippen LogP contribution < -0.4 is 0 Å². The summed E-state index contributed by atoms with van der Waals surface area (Å²) in [5, 5.41) is 11.2. The maximum atomic E-state index is 11.6. The molecule has 2 aromatic carbocycles. The Morgan fingerprint density at radius 1 is 0.885 bits per heavy atom. The molecule has 0 aliphatic rings. The van der Waals surface area contributed by atoms with E-state index in [4.69, 9.17) is 0 Å². The molecule has 4 aromatic rings. The second-order valence-electron chi connectivity index (χ2n) is 5.75. The lowest BCUT2D eigenvalue weighted by Crippen LogP contribution is -1.95. The van der Waals surface area contributed by atoms with Crippen molar-refractivity contribution >= 4 is 17.6 Å². The number of rotatable bonds is 4. The molecular weight excluding hydrogens is 330 g/mol. The molecule has 4 rings (SSSR count). The Kier molecular flexibility index (Phi) is 3.78. The zero-order valence-corrected chi connectivity index (χ0v) is 13.6. The molecule has 2 heterocycles. The van der Waals surface area contributed by atoms with E-state index in [0.717, 1.165) is 16.7 Å². The fourth-order valence-electron chi connectivity index (χ4n) is 2.99. The minimum atomic E-state index is -0.501. The Hall–Kier alpha value is -3.80. The molecule has 6 nitrogen and oxygen atoms in total. The topological polar surface area (TPSA) is 77.5 Å². The van der Waals surface area contributed by atoms with Crippen LogP contribution in [-0.2, 0) is 0 Å².